The molecule has 0 aliphatic carbocycles. The molecule has 2 aromatic carbocycles. The predicted octanol–water partition coefficient (Wildman–Crippen LogP) is 4.06. The standard InChI is InChI=1S/C25H23F3N4O3/c1-15(17-10-18(25(26,27)28)12-19(29)11-17)30-24(35)16-7-8-23(34)32(14-16)21-5-2-4-20(13-21)31-9-3-6-22(31)33/h2,4-5,7-8,10-15H,3,6,9,29H2,1H3,(H,30,35)/t15-/m1/s1. The maximum Gasteiger partial charge on any atom is 0.416 e. The van der Waals surface area contributed by atoms with E-state index in [-0.39, 0.29) is 28.3 Å². The van der Waals surface area contributed by atoms with Gasteiger partial charge >= 0.3 is 6.18 Å². The van der Waals surface area contributed by atoms with Gasteiger partial charge in [-0.25, -0.2) is 0 Å². The summed E-state index contributed by atoms with van der Waals surface area (Å²) in [7, 11) is 0. The molecule has 7 nitrogen and oxygen atoms in total. The Balaban J connectivity index is 1.59. The highest BCUT2D eigenvalue weighted by molar-refractivity contribution is 5.96. The summed E-state index contributed by atoms with van der Waals surface area (Å²) in [6, 6.07) is 11.8. The molecule has 1 atom stereocenters. The first-order valence-corrected chi connectivity index (χ1v) is 10.9. The van der Waals surface area contributed by atoms with Crippen molar-refractivity contribution in [1.29, 1.82) is 0 Å². The molecule has 1 aromatic heterocycles. The monoisotopic (exact) mass is 484 g/mol. The van der Waals surface area contributed by atoms with E-state index in [1.54, 1.807) is 36.1 Å². The molecule has 35 heavy (non-hydrogen) atoms. The maximum absolute atomic E-state index is 13.1. The first-order chi connectivity index (χ1) is 16.5. The number of aromatic nitrogens is 1. The zero-order valence-electron chi connectivity index (χ0n) is 18.8. The van der Waals surface area contributed by atoms with Crippen LogP contribution in [0.1, 0.15) is 47.3 Å². The summed E-state index contributed by atoms with van der Waals surface area (Å²) in [4.78, 5) is 39.1. The fourth-order valence-electron chi connectivity index (χ4n) is 4.01. The summed E-state index contributed by atoms with van der Waals surface area (Å²) in [6.07, 6.45) is -1.99. The normalized spacial score (nSPS) is 14.7. The number of carbonyl (C=O) groups is 2. The summed E-state index contributed by atoms with van der Waals surface area (Å²) in [5.41, 5.74) is 5.73. The topological polar surface area (TPSA) is 97.4 Å². The van der Waals surface area contributed by atoms with Gasteiger partial charge in [0.15, 0.2) is 0 Å². The van der Waals surface area contributed by atoms with Crippen molar-refractivity contribution < 1.29 is 22.8 Å². The van der Waals surface area contributed by atoms with E-state index in [1.807, 2.05) is 0 Å². The van der Waals surface area contributed by atoms with Gasteiger partial charge in [-0.2, -0.15) is 13.2 Å². The molecule has 182 valence electrons. The smallest absolute Gasteiger partial charge is 0.399 e. The van der Waals surface area contributed by atoms with E-state index in [4.69, 9.17) is 5.73 Å². The van der Waals surface area contributed by atoms with Gasteiger partial charge in [-0.15, -0.1) is 0 Å². The highest BCUT2D eigenvalue weighted by Crippen LogP contribution is 2.32. The van der Waals surface area contributed by atoms with Crippen molar-refractivity contribution in [2.24, 2.45) is 0 Å². The molecule has 4 rings (SSSR count). The van der Waals surface area contributed by atoms with Crippen molar-refractivity contribution in [2.75, 3.05) is 17.2 Å². The molecule has 10 heteroatoms. The summed E-state index contributed by atoms with van der Waals surface area (Å²) >= 11 is 0. The van der Waals surface area contributed by atoms with E-state index < -0.39 is 23.7 Å². The van der Waals surface area contributed by atoms with Gasteiger partial charge < -0.3 is 16.0 Å². The van der Waals surface area contributed by atoms with Gasteiger partial charge in [0.1, 0.15) is 0 Å². The fraction of sp³-hybridized carbons (Fsp3) is 0.240. The van der Waals surface area contributed by atoms with Crippen LogP contribution >= 0.6 is 0 Å². The molecule has 0 bridgehead atoms. The van der Waals surface area contributed by atoms with Crippen LogP contribution in [0.25, 0.3) is 5.69 Å². The van der Waals surface area contributed by atoms with E-state index in [0.717, 1.165) is 18.6 Å². The summed E-state index contributed by atoms with van der Waals surface area (Å²) in [5, 5.41) is 2.65. The number of nitrogens with one attached hydrogen (secondary N) is 1. The number of rotatable bonds is 5. The third-order valence-corrected chi connectivity index (χ3v) is 5.82. The second-order valence-corrected chi connectivity index (χ2v) is 8.38. The molecule has 1 aliphatic heterocycles. The van der Waals surface area contributed by atoms with Gasteiger partial charge in [0.05, 0.1) is 22.9 Å². The second kappa shape index (κ2) is 9.28. The highest BCUT2D eigenvalue weighted by atomic mass is 19.4. The highest BCUT2D eigenvalue weighted by Gasteiger charge is 2.31. The number of pyridine rings is 1. The van der Waals surface area contributed by atoms with Gasteiger partial charge in [0, 0.05) is 36.6 Å². The largest absolute Gasteiger partial charge is 0.416 e. The quantitative estimate of drug-likeness (QED) is 0.534. The Bertz CT molecular complexity index is 1350. The van der Waals surface area contributed by atoms with E-state index in [0.29, 0.717) is 24.3 Å². The number of hydrogen-bond donors (Lipinski definition) is 2. The van der Waals surface area contributed by atoms with Crippen LogP contribution in [0, 0.1) is 0 Å². The Morgan fingerprint density at radius 2 is 1.80 bits per heavy atom. The van der Waals surface area contributed by atoms with Crippen LogP contribution in [-0.4, -0.2) is 22.9 Å². The van der Waals surface area contributed by atoms with E-state index in [9.17, 15) is 27.6 Å². The Hall–Kier alpha value is -4.08. The molecule has 1 saturated heterocycles. The van der Waals surface area contributed by atoms with Crippen molar-refractivity contribution >= 4 is 23.2 Å². The van der Waals surface area contributed by atoms with Crippen LogP contribution in [0.2, 0.25) is 0 Å². The molecule has 3 aromatic rings. The summed E-state index contributed by atoms with van der Waals surface area (Å²) in [5.74, 6) is -0.569. The molecule has 2 amide bonds. The third kappa shape index (κ3) is 5.21. The maximum atomic E-state index is 13.1. The molecule has 1 aliphatic rings. The van der Waals surface area contributed by atoms with Crippen molar-refractivity contribution in [3.05, 3.63) is 87.8 Å². The predicted molar refractivity (Wildman–Crippen MR) is 125 cm³/mol. The zero-order valence-corrected chi connectivity index (χ0v) is 18.8. The first kappa shape index (κ1) is 24.1. The van der Waals surface area contributed by atoms with Crippen LogP contribution in [0.4, 0.5) is 24.5 Å². The average Bonchev–Trinajstić information content (AvgIpc) is 3.24. The van der Waals surface area contributed by atoms with Crippen molar-refractivity contribution in [2.45, 2.75) is 32.0 Å². The van der Waals surface area contributed by atoms with E-state index in [1.165, 1.54) is 29.0 Å². The van der Waals surface area contributed by atoms with Crippen LogP contribution in [0.15, 0.2) is 65.6 Å². The van der Waals surface area contributed by atoms with Crippen molar-refractivity contribution in [3.8, 4) is 5.69 Å². The number of nitrogens with two attached hydrogens (primary N) is 1. The molecule has 0 unspecified atom stereocenters. The van der Waals surface area contributed by atoms with Gasteiger partial charge in [-0.05, 0) is 61.4 Å². The number of anilines is 2. The Morgan fingerprint density at radius 1 is 1.06 bits per heavy atom. The minimum atomic E-state index is -4.57. The molecule has 1 fully saturated rings. The Morgan fingerprint density at radius 3 is 2.49 bits per heavy atom. The number of amides is 2. The summed E-state index contributed by atoms with van der Waals surface area (Å²) < 4.78 is 40.7. The van der Waals surface area contributed by atoms with Crippen LogP contribution in [0.3, 0.4) is 0 Å². The number of halogens is 3. The van der Waals surface area contributed by atoms with E-state index in [2.05, 4.69) is 5.32 Å². The Labute approximate surface area is 199 Å². The molecule has 0 spiro atoms. The van der Waals surface area contributed by atoms with Gasteiger partial charge in [0.2, 0.25) is 5.91 Å². The average molecular weight is 484 g/mol. The second-order valence-electron chi connectivity index (χ2n) is 8.38. The molecule has 3 N–H and O–H groups in total. The number of benzene rings is 2. The van der Waals surface area contributed by atoms with Crippen molar-refractivity contribution in [3.63, 3.8) is 0 Å². The zero-order chi connectivity index (χ0) is 25.3. The van der Waals surface area contributed by atoms with Crippen molar-refractivity contribution in [1.82, 2.24) is 9.88 Å². The lowest BCUT2D eigenvalue weighted by atomic mass is 10.0. The van der Waals surface area contributed by atoms with Crippen LogP contribution < -0.4 is 21.5 Å². The molecular weight excluding hydrogens is 461 g/mol. The van der Waals surface area contributed by atoms with Crippen LogP contribution in [-0.2, 0) is 11.0 Å². The molecule has 2 heterocycles. The SMILES string of the molecule is C[C@@H](NC(=O)c1ccc(=O)n(-c2cccc(N3CCCC3=O)c2)c1)c1cc(N)cc(C(F)(F)F)c1. The minimum absolute atomic E-state index is 0.00634. The van der Waals surface area contributed by atoms with Gasteiger partial charge in [-0.1, -0.05) is 6.07 Å². The minimum Gasteiger partial charge on any atom is -0.399 e. The molecule has 0 saturated carbocycles. The number of alkyl halides is 3. The Kier molecular flexibility index (Phi) is 6.38. The first-order valence-electron chi connectivity index (χ1n) is 10.9. The number of carbonyl (C=O) groups excluding carboxylic acids is 2. The number of nitrogens with zero attached hydrogens (tertiary/aromatic N) is 2. The van der Waals surface area contributed by atoms with Gasteiger partial charge in [-0.3, -0.25) is 19.0 Å². The summed E-state index contributed by atoms with van der Waals surface area (Å²) in [6.45, 7) is 2.14. The van der Waals surface area contributed by atoms with Crippen LogP contribution in [0.5, 0.6) is 0 Å². The van der Waals surface area contributed by atoms with Gasteiger partial charge in [0.25, 0.3) is 11.5 Å². The molecular formula is C25H23F3N4O3. The molecule has 0 radical (unpaired) electrons. The lowest BCUT2D eigenvalue weighted by Gasteiger charge is -2.18. The third-order valence-electron chi connectivity index (χ3n) is 5.82. The lowest BCUT2D eigenvalue weighted by Crippen LogP contribution is -2.29. The number of nitrogen functional groups attached to an aromatic ring is 1. The fourth-order valence-corrected chi connectivity index (χ4v) is 4.01. The number of hydrogen-bond acceptors (Lipinski definition) is 4. The lowest BCUT2D eigenvalue weighted by molar-refractivity contribution is -0.137. The van der Waals surface area contributed by atoms with E-state index >= 15 is 0 Å².